The van der Waals surface area contributed by atoms with Gasteiger partial charge in [0, 0.05) is 18.8 Å². The number of hydrogen-bond acceptors (Lipinski definition) is 4. The van der Waals surface area contributed by atoms with Gasteiger partial charge in [-0.05, 0) is 69.5 Å². The van der Waals surface area contributed by atoms with E-state index in [0.717, 1.165) is 16.8 Å². The minimum atomic E-state index is -3.66. The maximum atomic E-state index is 13.1. The summed E-state index contributed by atoms with van der Waals surface area (Å²) >= 11 is 0. The molecule has 3 rings (SSSR count). The van der Waals surface area contributed by atoms with Gasteiger partial charge in [-0.1, -0.05) is 17.7 Å². The van der Waals surface area contributed by atoms with Crippen LogP contribution in [-0.4, -0.2) is 38.3 Å². The smallest absolute Gasteiger partial charge is 0.243 e. The lowest BCUT2D eigenvalue weighted by atomic mass is 9.98. The Morgan fingerprint density at radius 3 is 2.55 bits per heavy atom. The van der Waals surface area contributed by atoms with Crippen molar-refractivity contribution in [1.82, 2.24) is 4.31 Å². The SMILES string of the molecule is CCOc1ccc(S(=O)(=O)N2CCC[C@@H](C(=O)Nc3ccc(C)cc3)C2)cc1C. The first kappa shape index (κ1) is 21.3. The molecule has 0 unspecified atom stereocenters. The lowest BCUT2D eigenvalue weighted by Gasteiger charge is -2.31. The van der Waals surface area contributed by atoms with E-state index < -0.39 is 10.0 Å². The van der Waals surface area contributed by atoms with Crippen LogP contribution in [0.25, 0.3) is 0 Å². The minimum absolute atomic E-state index is 0.142. The summed E-state index contributed by atoms with van der Waals surface area (Å²) in [4.78, 5) is 12.9. The molecule has 1 N–H and O–H groups in total. The molecule has 2 aromatic carbocycles. The van der Waals surface area contributed by atoms with Gasteiger partial charge in [0.1, 0.15) is 5.75 Å². The molecule has 0 aliphatic carbocycles. The Morgan fingerprint density at radius 2 is 1.90 bits per heavy atom. The third kappa shape index (κ3) is 4.97. The molecule has 156 valence electrons. The van der Waals surface area contributed by atoms with E-state index in [2.05, 4.69) is 5.32 Å². The number of amides is 1. The normalized spacial score (nSPS) is 17.7. The van der Waals surface area contributed by atoms with Crippen LogP contribution in [0.4, 0.5) is 5.69 Å². The first-order chi connectivity index (χ1) is 13.8. The molecule has 0 bridgehead atoms. The second-order valence-corrected chi connectivity index (χ2v) is 9.36. The number of sulfonamides is 1. The van der Waals surface area contributed by atoms with E-state index in [0.29, 0.717) is 31.7 Å². The highest BCUT2D eigenvalue weighted by atomic mass is 32.2. The van der Waals surface area contributed by atoms with E-state index in [4.69, 9.17) is 4.74 Å². The van der Waals surface area contributed by atoms with Gasteiger partial charge in [0.25, 0.3) is 0 Å². The van der Waals surface area contributed by atoms with Gasteiger partial charge in [0.15, 0.2) is 0 Å². The molecular weight excluding hydrogens is 388 g/mol. The fraction of sp³-hybridized carbons (Fsp3) is 0.409. The highest BCUT2D eigenvalue weighted by Gasteiger charge is 2.33. The highest BCUT2D eigenvalue weighted by Crippen LogP contribution is 2.28. The molecule has 1 saturated heterocycles. The van der Waals surface area contributed by atoms with Crippen molar-refractivity contribution in [2.24, 2.45) is 5.92 Å². The van der Waals surface area contributed by atoms with Crippen LogP contribution in [0.1, 0.15) is 30.9 Å². The standard InChI is InChI=1S/C22H28N2O4S/c1-4-28-21-12-11-20(14-17(21)3)29(26,27)24-13-5-6-18(15-24)22(25)23-19-9-7-16(2)8-10-19/h7-12,14,18H,4-6,13,15H2,1-3H3,(H,23,25)/t18-/m1/s1. The number of aryl methyl sites for hydroxylation is 2. The van der Waals surface area contributed by atoms with Gasteiger partial charge < -0.3 is 10.1 Å². The topological polar surface area (TPSA) is 75.7 Å². The van der Waals surface area contributed by atoms with Crippen molar-refractivity contribution < 1.29 is 17.9 Å². The van der Waals surface area contributed by atoms with Crippen LogP contribution in [-0.2, 0) is 14.8 Å². The van der Waals surface area contributed by atoms with E-state index in [-0.39, 0.29) is 23.3 Å². The summed E-state index contributed by atoms with van der Waals surface area (Å²) in [6, 6.07) is 12.5. The molecule has 1 atom stereocenters. The Morgan fingerprint density at radius 1 is 1.17 bits per heavy atom. The first-order valence-electron chi connectivity index (χ1n) is 9.92. The Labute approximate surface area is 172 Å². The highest BCUT2D eigenvalue weighted by molar-refractivity contribution is 7.89. The number of benzene rings is 2. The zero-order chi connectivity index (χ0) is 21.0. The zero-order valence-electron chi connectivity index (χ0n) is 17.1. The molecule has 7 heteroatoms. The van der Waals surface area contributed by atoms with E-state index in [1.54, 1.807) is 18.2 Å². The second-order valence-electron chi connectivity index (χ2n) is 7.42. The van der Waals surface area contributed by atoms with Gasteiger partial charge in [0.05, 0.1) is 17.4 Å². The van der Waals surface area contributed by atoms with Crippen LogP contribution < -0.4 is 10.1 Å². The Kier molecular flexibility index (Phi) is 6.59. The number of carbonyl (C=O) groups is 1. The number of hydrogen-bond donors (Lipinski definition) is 1. The quantitative estimate of drug-likeness (QED) is 0.778. The molecule has 1 amide bonds. The van der Waals surface area contributed by atoms with Gasteiger partial charge in [-0.2, -0.15) is 4.31 Å². The molecule has 29 heavy (non-hydrogen) atoms. The van der Waals surface area contributed by atoms with Crippen LogP contribution >= 0.6 is 0 Å². The molecule has 6 nitrogen and oxygen atoms in total. The van der Waals surface area contributed by atoms with E-state index in [1.807, 2.05) is 45.0 Å². The predicted octanol–water partition coefficient (Wildman–Crippen LogP) is 3.74. The van der Waals surface area contributed by atoms with Crippen LogP contribution in [0.5, 0.6) is 5.75 Å². The number of nitrogens with zero attached hydrogens (tertiary/aromatic N) is 1. The maximum Gasteiger partial charge on any atom is 0.243 e. The summed E-state index contributed by atoms with van der Waals surface area (Å²) in [5.41, 5.74) is 2.62. The average Bonchev–Trinajstić information content (AvgIpc) is 2.71. The molecule has 1 aliphatic heterocycles. The van der Waals surface area contributed by atoms with E-state index >= 15 is 0 Å². The van der Waals surface area contributed by atoms with Gasteiger partial charge in [-0.25, -0.2) is 8.42 Å². The summed E-state index contributed by atoms with van der Waals surface area (Å²) in [5.74, 6) is 0.167. The molecule has 2 aromatic rings. The van der Waals surface area contributed by atoms with Crippen LogP contribution in [0.3, 0.4) is 0 Å². The maximum absolute atomic E-state index is 13.1. The molecular formula is C22H28N2O4S. The number of nitrogens with one attached hydrogen (secondary N) is 1. The number of ether oxygens (including phenoxy) is 1. The molecule has 0 spiro atoms. The number of anilines is 1. The first-order valence-corrected chi connectivity index (χ1v) is 11.4. The largest absolute Gasteiger partial charge is 0.494 e. The van der Waals surface area contributed by atoms with Crippen LogP contribution in [0.2, 0.25) is 0 Å². The van der Waals surface area contributed by atoms with Gasteiger partial charge in [-0.15, -0.1) is 0 Å². The summed E-state index contributed by atoms with van der Waals surface area (Å²) in [5, 5.41) is 2.90. The molecule has 1 heterocycles. The Balaban J connectivity index is 1.72. The molecule has 0 radical (unpaired) electrons. The van der Waals surface area contributed by atoms with Crippen molar-refractivity contribution in [2.75, 3.05) is 25.0 Å². The summed E-state index contributed by atoms with van der Waals surface area (Å²) in [6.07, 6.45) is 1.33. The molecule has 1 fully saturated rings. The average molecular weight is 417 g/mol. The summed E-state index contributed by atoms with van der Waals surface area (Å²) < 4.78 is 33.2. The van der Waals surface area contributed by atoms with Crippen molar-refractivity contribution >= 4 is 21.6 Å². The Hall–Kier alpha value is -2.38. The van der Waals surface area contributed by atoms with Gasteiger partial charge >= 0.3 is 0 Å². The summed E-state index contributed by atoms with van der Waals surface area (Å²) in [7, 11) is -3.66. The number of rotatable bonds is 6. The van der Waals surface area contributed by atoms with Gasteiger partial charge in [0.2, 0.25) is 15.9 Å². The molecule has 0 saturated carbocycles. The fourth-order valence-corrected chi connectivity index (χ4v) is 5.11. The lowest BCUT2D eigenvalue weighted by molar-refractivity contribution is -0.120. The minimum Gasteiger partial charge on any atom is -0.494 e. The van der Waals surface area contributed by atoms with Crippen molar-refractivity contribution in [2.45, 2.75) is 38.5 Å². The number of carbonyl (C=O) groups excluding carboxylic acids is 1. The molecule has 1 aliphatic rings. The van der Waals surface area contributed by atoms with Crippen LogP contribution in [0, 0.1) is 19.8 Å². The third-order valence-corrected chi connectivity index (χ3v) is 7.02. The van der Waals surface area contributed by atoms with E-state index in [9.17, 15) is 13.2 Å². The van der Waals surface area contributed by atoms with Crippen LogP contribution in [0.15, 0.2) is 47.4 Å². The third-order valence-electron chi connectivity index (χ3n) is 5.16. The fourth-order valence-electron chi connectivity index (χ4n) is 3.50. The number of piperidine rings is 1. The van der Waals surface area contributed by atoms with Crippen molar-refractivity contribution in [3.8, 4) is 5.75 Å². The Bertz CT molecular complexity index is 971. The zero-order valence-corrected chi connectivity index (χ0v) is 18.0. The van der Waals surface area contributed by atoms with Crippen molar-refractivity contribution in [3.05, 3.63) is 53.6 Å². The van der Waals surface area contributed by atoms with Crippen molar-refractivity contribution in [1.29, 1.82) is 0 Å². The second kappa shape index (κ2) is 8.97. The van der Waals surface area contributed by atoms with Gasteiger partial charge in [-0.3, -0.25) is 4.79 Å². The molecule has 0 aromatic heterocycles. The summed E-state index contributed by atoms with van der Waals surface area (Å²) in [6.45, 7) is 6.84. The monoisotopic (exact) mass is 416 g/mol. The predicted molar refractivity (Wildman–Crippen MR) is 114 cm³/mol. The lowest BCUT2D eigenvalue weighted by Crippen LogP contribution is -2.43. The van der Waals surface area contributed by atoms with E-state index in [1.165, 1.54) is 4.31 Å². The van der Waals surface area contributed by atoms with Crippen molar-refractivity contribution in [3.63, 3.8) is 0 Å².